The van der Waals surface area contributed by atoms with Crippen LogP contribution in [0, 0.1) is 5.92 Å². The van der Waals surface area contributed by atoms with Gasteiger partial charge in [0.2, 0.25) is 0 Å². The highest BCUT2D eigenvalue weighted by Gasteiger charge is 2.50. The van der Waals surface area contributed by atoms with Crippen molar-refractivity contribution in [3.63, 3.8) is 0 Å². The van der Waals surface area contributed by atoms with E-state index in [1.807, 2.05) is 18.2 Å². The van der Waals surface area contributed by atoms with Crippen LogP contribution in [0.2, 0.25) is 0 Å². The number of aryl methyl sites for hydroxylation is 1. The molecule has 2 aromatic rings. The number of hydrogen-bond donors (Lipinski definition) is 1. The Morgan fingerprint density at radius 3 is 2.80 bits per heavy atom. The van der Waals surface area contributed by atoms with Gasteiger partial charge in [-0.3, -0.25) is 4.90 Å². The van der Waals surface area contributed by atoms with Crippen LogP contribution in [-0.2, 0) is 22.8 Å². The van der Waals surface area contributed by atoms with Gasteiger partial charge < -0.3 is 10.2 Å². The minimum absolute atomic E-state index is 0.0115. The Balaban J connectivity index is 1.67. The smallest absolute Gasteiger partial charge is 0.336 e. The van der Waals surface area contributed by atoms with Crippen molar-refractivity contribution in [2.24, 2.45) is 11.7 Å². The van der Waals surface area contributed by atoms with Gasteiger partial charge in [-0.15, -0.1) is 0 Å². The van der Waals surface area contributed by atoms with Gasteiger partial charge in [0.1, 0.15) is 5.58 Å². The van der Waals surface area contributed by atoms with E-state index in [9.17, 15) is 13.2 Å². The summed E-state index contributed by atoms with van der Waals surface area (Å²) in [6, 6.07) is 7.07. The summed E-state index contributed by atoms with van der Waals surface area (Å²) in [6.45, 7) is 3.74. The highest BCUT2D eigenvalue weighted by Crippen LogP contribution is 2.34. The normalized spacial score (nSPS) is 28.5. The van der Waals surface area contributed by atoms with Gasteiger partial charge in [-0.25, -0.2) is 13.2 Å². The fourth-order valence-corrected chi connectivity index (χ4v) is 6.47. The largest absolute Gasteiger partial charge is 0.423 e. The zero-order valence-electron chi connectivity index (χ0n) is 14.1. The lowest BCUT2D eigenvalue weighted by atomic mass is 10.0. The van der Waals surface area contributed by atoms with Crippen LogP contribution in [0.4, 0.5) is 0 Å². The summed E-state index contributed by atoms with van der Waals surface area (Å²) in [5, 5.41) is 0.545. The SMILES string of the molecule is CCc1ccc2oc(=O)cc(CN3C[C@H]4[C@H](N)CS(=O)(=O)[C@H]4C3)c2c1. The highest BCUT2D eigenvalue weighted by atomic mass is 32.2. The molecule has 4 rings (SSSR count). The molecule has 7 heteroatoms. The molecule has 3 heterocycles. The van der Waals surface area contributed by atoms with Gasteiger partial charge in [0.05, 0.1) is 11.0 Å². The third-order valence-electron chi connectivity index (χ3n) is 5.52. The van der Waals surface area contributed by atoms with Crippen molar-refractivity contribution < 1.29 is 12.8 Å². The third kappa shape index (κ3) is 2.90. The van der Waals surface area contributed by atoms with Crippen LogP contribution < -0.4 is 11.4 Å². The van der Waals surface area contributed by atoms with Gasteiger partial charge in [0.25, 0.3) is 0 Å². The molecule has 0 saturated carbocycles. The molecule has 2 aliphatic rings. The first-order chi connectivity index (χ1) is 11.9. The van der Waals surface area contributed by atoms with Crippen molar-refractivity contribution in [3.05, 3.63) is 45.8 Å². The molecule has 0 unspecified atom stereocenters. The third-order valence-corrected chi connectivity index (χ3v) is 7.79. The molecule has 0 aliphatic carbocycles. The van der Waals surface area contributed by atoms with E-state index in [4.69, 9.17) is 10.2 Å². The van der Waals surface area contributed by atoms with Crippen molar-refractivity contribution in [1.82, 2.24) is 4.90 Å². The van der Waals surface area contributed by atoms with E-state index in [1.165, 1.54) is 11.6 Å². The van der Waals surface area contributed by atoms with E-state index < -0.39 is 9.84 Å². The van der Waals surface area contributed by atoms with E-state index in [2.05, 4.69) is 11.8 Å². The predicted octanol–water partition coefficient (Wildman–Crippen LogP) is 0.912. The number of rotatable bonds is 3. The second kappa shape index (κ2) is 5.93. The molecular weight excluding hydrogens is 340 g/mol. The number of nitrogens with zero attached hydrogens (tertiary/aromatic N) is 1. The average Bonchev–Trinajstić information content (AvgIpc) is 3.06. The molecule has 2 fully saturated rings. The molecular formula is C18H22N2O4S. The zero-order valence-corrected chi connectivity index (χ0v) is 15.0. The average molecular weight is 362 g/mol. The molecule has 0 bridgehead atoms. The topological polar surface area (TPSA) is 93.6 Å². The molecule has 25 heavy (non-hydrogen) atoms. The Morgan fingerprint density at radius 1 is 1.28 bits per heavy atom. The Bertz CT molecular complexity index is 982. The predicted molar refractivity (Wildman–Crippen MR) is 96.2 cm³/mol. The van der Waals surface area contributed by atoms with Crippen molar-refractivity contribution in [3.8, 4) is 0 Å². The zero-order chi connectivity index (χ0) is 17.8. The number of hydrogen-bond acceptors (Lipinski definition) is 6. The molecule has 134 valence electrons. The summed E-state index contributed by atoms with van der Waals surface area (Å²) in [6.07, 6.45) is 0.898. The van der Waals surface area contributed by atoms with Crippen LogP contribution in [0.5, 0.6) is 0 Å². The molecule has 2 N–H and O–H groups in total. The summed E-state index contributed by atoms with van der Waals surface area (Å²) in [5.74, 6) is 0.0797. The van der Waals surface area contributed by atoms with E-state index in [0.29, 0.717) is 25.2 Å². The number of benzene rings is 1. The summed E-state index contributed by atoms with van der Waals surface area (Å²) < 4.78 is 29.8. The minimum Gasteiger partial charge on any atom is -0.423 e. The molecule has 1 aromatic carbocycles. The molecule has 0 amide bonds. The van der Waals surface area contributed by atoms with Crippen LogP contribution in [-0.4, -0.2) is 43.5 Å². The lowest BCUT2D eigenvalue weighted by Crippen LogP contribution is -2.33. The minimum atomic E-state index is -3.11. The first kappa shape index (κ1) is 16.8. The summed E-state index contributed by atoms with van der Waals surface area (Å²) >= 11 is 0. The van der Waals surface area contributed by atoms with Gasteiger partial charge in [0, 0.05) is 43.0 Å². The Labute approximate surface area is 146 Å². The number of sulfone groups is 1. The second-order valence-corrected chi connectivity index (χ2v) is 9.43. The van der Waals surface area contributed by atoms with Crippen molar-refractivity contribution in [2.75, 3.05) is 18.8 Å². The fourth-order valence-electron chi connectivity index (χ4n) is 4.18. The molecule has 6 nitrogen and oxygen atoms in total. The number of fused-ring (bicyclic) bond motifs is 2. The maximum Gasteiger partial charge on any atom is 0.336 e. The van der Waals surface area contributed by atoms with E-state index >= 15 is 0 Å². The first-order valence-electron chi connectivity index (χ1n) is 8.62. The summed E-state index contributed by atoms with van der Waals surface area (Å²) in [7, 11) is -3.11. The molecule has 1 aromatic heterocycles. The van der Waals surface area contributed by atoms with Gasteiger partial charge in [-0.2, -0.15) is 0 Å². The van der Waals surface area contributed by atoms with Crippen molar-refractivity contribution in [2.45, 2.75) is 31.2 Å². The molecule has 3 atom stereocenters. The molecule has 2 saturated heterocycles. The lowest BCUT2D eigenvalue weighted by Gasteiger charge is -2.19. The van der Waals surface area contributed by atoms with Gasteiger partial charge in [-0.05, 0) is 29.7 Å². The summed E-state index contributed by atoms with van der Waals surface area (Å²) in [4.78, 5) is 14.0. The quantitative estimate of drug-likeness (QED) is 0.816. The van der Waals surface area contributed by atoms with Crippen LogP contribution in [0.25, 0.3) is 11.0 Å². The second-order valence-electron chi connectivity index (χ2n) is 7.16. The first-order valence-corrected chi connectivity index (χ1v) is 10.3. The van der Waals surface area contributed by atoms with Crippen molar-refractivity contribution in [1.29, 1.82) is 0 Å². The van der Waals surface area contributed by atoms with E-state index in [0.717, 1.165) is 17.4 Å². The number of nitrogens with two attached hydrogens (primary N) is 1. The Hall–Kier alpha value is -1.70. The van der Waals surface area contributed by atoms with Crippen LogP contribution in [0.3, 0.4) is 0 Å². The Morgan fingerprint density at radius 2 is 2.08 bits per heavy atom. The number of likely N-dealkylation sites (tertiary alicyclic amines) is 1. The van der Waals surface area contributed by atoms with Gasteiger partial charge >= 0.3 is 5.63 Å². The van der Waals surface area contributed by atoms with Crippen molar-refractivity contribution >= 4 is 20.8 Å². The lowest BCUT2D eigenvalue weighted by molar-refractivity contribution is 0.308. The van der Waals surface area contributed by atoms with Crippen LogP contribution in [0.1, 0.15) is 18.1 Å². The van der Waals surface area contributed by atoms with E-state index in [-0.39, 0.29) is 28.6 Å². The van der Waals surface area contributed by atoms with Crippen LogP contribution in [0.15, 0.2) is 33.5 Å². The molecule has 2 aliphatic heterocycles. The van der Waals surface area contributed by atoms with Gasteiger partial charge in [-0.1, -0.05) is 13.0 Å². The van der Waals surface area contributed by atoms with Crippen LogP contribution >= 0.6 is 0 Å². The standard InChI is InChI=1S/C18H22N2O4S/c1-2-11-3-4-16-13(5-11)12(6-18(21)24-16)7-20-8-14-15(19)10-25(22,23)17(14)9-20/h3-6,14-15,17H,2,7-10,19H2,1H3/t14-,15+,17-/m0/s1. The fraction of sp³-hybridized carbons (Fsp3) is 0.500. The van der Waals surface area contributed by atoms with E-state index in [1.54, 1.807) is 0 Å². The Kier molecular flexibility index (Phi) is 3.97. The summed E-state index contributed by atoms with van der Waals surface area (Å²) in [5.41, 5.74) is 8.28. The maximum absolute atomic E-state index is 12.2. The molecule has 0 spiro atoms. The van der Waals surface area contributed by atoms with Gasteiger partial charge in [0.15, 0.2) is 9.84 Å². The maximum atomic E-state index is 12.2. The molecule has 0 radical (unpaired) electrons. The monoisotopic (exact) mass is 362 g/mol. The highest BCUT2D eigenvalue weighted by molar-refractivity contribution is 7.92.